The lowest BCUT2D eigenvalue weighted by Gasteiger charge is -2.11. The molecule has 1 heterocycles. The van der Waals surface area contributed by atoms with Gasteiger partial charge in [-0.25, -0.2) is 4.68 Å². The van der Waals surface area contributed by atoms with Crippen molar-refractivity contribution in [2.45, 2.75) is 20.4 Å². The lowest BCUT2D eigenvalue weighted by Crippen LogP contribution is -2.21. The third-order valence-electron chi connectivity index (χ3n) is 3.67. The van der Waals surface area contributed by atoms with Crippen LogP contribution in [0.4, 0.5) is 5.69 Å². The second-order valence-corrected chi connectivity index (χ2v) is 6.40. The molecule has 6 nitrogen and oxygen atoms in total. The summed E-state index contributed by atoms with van der Waals surface area (Å²) in [4.78, 5) is 12.4. The minimum absolute atomic E-state index is 0.0478. The van der Waals surface area contributed by atoms with Crippen molar-refractivity contribution in [2.24, 2.45) is 0 Å². The van der Waals surface area contributed by atoms with E-state index in [9.17, 15) is 4.79 Å². The molecular formula is C17H16BrN5O. The molecule has 2 aromatic carbocycles. The number of aromatic nitrogens is 4. The van der Waals surface area contributed by atoms with Gasteiger partial charge in [-0.2, -0.15) is 0 Å². The number of carbonyl (C=O) groups excluding carboxylic acids is 1. The van der Waals surface area contributed by atoms with E-state index in [1.165, 1.54) is 4.68 Å². The van der Waals surface area contributed by atoms with Crippen LogP contribution in [0, 0.1) is 13.8 Å². The molecule has 122 valence electrons. The summed E-state index contributed by atoms with van der Waals surface area (Å²) in [5, 5.41) is 14.6. The fourth-order valence-electron chi connectivity index (χ4n) is 2.44. The monoisotopic (exact) mass is 385 g/mol. The van der Waals surface area contributed by atoms with Gasteiger partial charge in [0.2, 0.25) is 5.91 Å². The molecule has 0 atom stereocenters. The SMILES string of the molecule is Cc1cccc(C)c1NC(=O)Cn1nnnc1-c1ccc(Br)cc1. The Balaban J connectivity index is 1.79. The molecule has 1 N–H and O–H groups in total. The van der Waals surface area contributed by atoms with Crippen molar-refractivity contribution in [1.82, 2.24) is 20.2 Å². The number of nitrogens with zero attached hydrogens (tertiary/aromatic N) is 4. The zero-order valence-electron chi connectivity index (χ0n) is 13.3. The first kappa shape index (κ1) is 16.3. The van der Waals surface area contributed by atoms with Crippen molar-refractivity contribution in [3.8, 4) is 11.4 Å². The molecule has 0 radical (unpaired) electrons. The third-order valence-corrected chi connectivity index (χ3v) is 4.20. The molecule has 3 rings (SSSR count). The van der Waals surface area contributed by atoms with Gasteiger partial charge in [-0.15, -0.1) is 5.10 Å². The van der Waals surface area contributed by atoms with Crippen molar-refractivity contribution in [2.75, 3.05) is 5.32 Å². The summed E-state index contributed by atoms with van der Waals surface area (Å²) in [5.41, 5.74) is 3.73. The summed E-state index contributed by atoms with van der Waals surface area (Å²) >= 11 is 3.40. The number of nitrogens with one attached hydrogen (secondary N) is 1. The number of tetrazole rings is 1. The Bertz CT molecular complexity index is 853. The lowest BCUT2D eigenvalue weighted by atomic mass is 10.1. The molecule has 1 aromatic heterocycles. The molecule has 0 spiro atoms. The van der Waals surface area contributed by atoms with Gasteiger partial charge in [0.05, 0.1) is 0 Å². The van der Waals surface area contributed by atoms with E-state index in [1.807, 2.05) is 56.3 Å². The third kappa shape index (κ3) is 3.51. The predicted octanol–water partition coefficient (Wildman–Crippen LogP) is 3.36. The van der Waals surface area contributed by atoms with Crippen LogP contribution in [-0.2, 0) is 11.3 Å². The molecule has 0 unspecified atom stereocenters. The van der Waals surface area contributed by atoms with Crippen LogP contribution in [0.2, 0.25) is 0 Å². The number of anilines is 1. The van der Waals surface area contributed by atoms with Gasteiger partial charge >= 0.3 is 0 Å². The van der Waals surface area contributed by atoms with E-state index in [0.29, 0.717) is 5.82 Å². The van der Waals surface area contributed by atoms with E-state index in [0.717, 1.165) is 26.9 Å². The highest BCUT2D eigenvalue weighted by Gasteiger charge is 2.13. The second kappa shape index (κ2) is 6.92. The molecule has 0 aliphatic heterocycles. The van der Waals surface area contributed by atoms with Crippen LogP contribution >= 0.6 is 15.9 Å². The number of hydrogen-bond donors (Lipinski definition) is 1. The summed E-state index contributed by atoms with van der Waals surface area (Å²) < 4.78 is 2.46. The summed E-state index contributed by atoms with van der Waals surface area (Å²) in [7, 11) is 0. The highest BCUT2D eigenvalue weighted by molar-refractivity contribution is 9.10. The fraction of sp³-hybridized carbons (Fsp3) is 0.176. The van der Waals surface area contributed by atoms with Gasteiger partial charge in [0.15, 0.2) is 5.82 Å². The largest absolute Gasteiger partial charge is 0.324 e. The first-order chi connectivity index (χ1) is 11.5. The number of carbonyl (C=O) groups is 1. The summed E-state index contributed by atoms with van der Waals surface area (Å²) in [6.07, 6.45) is 0. The Labute approximate surface area is 148 Å². The number of amides is 1. The number of hydrogen-bond acceptors (Lipinski definition) is 4. The summed E-state index contributed by atoms with van der Waals surface area (Å²) in [6, 6.07) is 13.5. The number of aryl methyl sites for hydroxylation is 2. The van der Waals surface area contributed by atoms with Gasteiger partial charge in [0.1, 0.15) is 6.54 Å². The average molecular weight is 386 g/mol. The first-order valence-electron chi connectivity index (χ1n) is 7.43. The fourth-order valence-corrected chi connectivity index (χ4v) is 2.71. The molecule has 7 heteroatoms. The van der Waals surface area contributed by atoms with Crippen molar-refractivity contribution >= 4 is 27.5 Å². The molecule has 1 amide bonds. The quantitative estimate of drug-likeness (QED) is 0.747. The van der Waals surface area contributed by atoms with Crippen molar-refractivity contribution in [3.05, 3.63) is 58.1 Å². The second-order valence-electron chi connectivity index (χ2n) is 5.48. The van der Waals surface area contributed by atoms with Crippen LogP contribution in [-0.4, -0.2) is 26.1 Å². The van der Waals surface area contributed by atoms with Crippen LogP contribution in [0.1, 0.15) is 11.1 Å². The molecule has 24 heavy (non-hydrogen) atoms. The van der Waals surface area contributed by atoms with E-state index in [-0.39, 0.29) is 12.5 Å². The molecule has 0 fully saturated rings. The van der Waals surface area contributed by atoms with Gasteiger partial charge in [-0.3, -0.25) is 4.79 Å². The molecule has 0 aliphatic carbocycles. The van der Waals surface area contributed by atoms with Gasteiger partial charge in [0.25, 0.3) is 0 Å². The zero-order valence-corrected chi connectivity index (χ0v) is 14.9. The van der Waals surface area contributed by atoms with Crippen molar-refractivity contribution in [1.29, 1.82) is 0 Å². The number of halogens is 1. The zero-order chi connectivity index (χ0) is 17.1. The summed E-state index contributed by atoms with van der Waals surface area (Å²) in [5.74, 6) is 0.386. The van der Waals surface area contributed by atoms with Crippen molar-refractivity contribution in [3.63, 3.8) is 0 Å². The highest BCUT2D eigenvalue weighted by Crippen LogP contribution is 2.21. The Kier molecular flexibility index (Phi) is 4.71. The van der Waals surface area contributed by atoms with Crippen LogP contribution in [0.15, 0.2) is 46.9 Å². The van der Waals surface area contributed by atoms with Gasteiger partial charge in [-0.05, 0) is 47.5 Å². The smallest absolute Gasteiger partial charge is 0.246 e. The average Bonchev–Trinajstić information content (AvgIpc) is 3.00. The maximum absolute atomic E-state index is 12.4. The Morgan fingerprint density at radius 1 is 1.12 bits per heavy atom. The highest BCUT2D eigenvalue weighted by atomic mass is 79.9. The van der Waals surface area contributed by atoms with Gasteiger partial charge < -0.3 is 5.32 Å². The minimum Gasteiger partial charge on any atom is -0.324 e. The molecule has 0 saturated heterocycles. The molecule has 0 saturated carbocycles. The topological polar surface area (TPSA) is 72.7 Å². The molecule has 0 bridgehead atoms. The maximum Gasteiger partial charge on any atom is 0.246 e. The van der Waals surface area contributed by atoms with Gasteiger partial charge in [-0.1, -0.05) is 46.3 Å². The molecule has 3 aromatic rings. The number of benzene rings is 2. The number of para-hydroxylation sites is 1. The van der Waals surface area contributed by atoms with Crippen LogP contribution < -0.4 is 5.32 Å². The van der Waals surface area contributed by atoms with Gasteiger partial charge in [0, 0.05) is 15.7 Å². The number of rotatable bonds is 4. The van der Waals surface area contributed by atoms with Crippen LogP contribution in [0.3, 0.4) is 0 Å². The first-order valence-corrected chi connectivity index (χ1v) is 8.22. The standard InChI is InChI=1S/C17H16BrN5O/c1-11-4-3-5-12(2)16(11)19-15(24)10-23-17(20-21-22-23)13-6-8-14(18)9-7-13/h3-9H,10H2,1-2H3,(H,19,24). The van der Waals surface area contributed by atoms with E-state index in [1.54, 1.807) is 0 Å². The van der Waals surface area contributed by atoms with E-state index in [2.05, 4.69) is 36.8 Å². The molecule has 0 aliphatic rings. The Morgan fingerprint density at radius 2 is 1.79 bits per heavy atom. The normalized spacial score (nSPS) is 10.6. The Morgan fingerprint density at radius 3 is 2.46 bits per heavy atom. The van der Waals surface area contributed by atoms with E-state index in [4.69, 9.17) is 0 Å². The van der Waals surface area contributed by atoms with E-state index >= 15 is 0 Å². The minimum atomic E-state index is -0.168. The Hall–Kier alpha value is -2.54. The summed E-state index contributed by atoms with van der Waals surface area (Å²) in [6.45, 7) is 3.98. The maximum atomic E-state index is 12.4. The van der Waals surface area contributed by atoms with Crippen LogP contribution in [0.25, 0.3) is 11.4 Å². The lowest BCUT2D eigenvalue weighted by molar-refractivity contribution is -0.116. The van der Waals surface area contributed by atoms with Crippen LogP contribution in [0.5, 0.6) is 0 Å². The molecular weight excluding hydrogens is 370 g/mol. The predicted molar refractivity (Wildman–Crippen MR) is 95.5 cm³/mol. The van der Waals surface area contributed by atoms with Crippen molar-refractivity contribution < 1.29 is 4.79 Å². The van der Waals surface area contributed by atoms with E-state index < -0.39 is 0 Å².